The molecule has 1 N–H and O–H groups in total. The summed E-state index contributed by atoms with van der Waals surface area (Å²) >= 11 is 7.01. The van der Waals surface area contributed by atoms with Gasteiger partial charge in [-0.2, -0.15) is 0 Å². The SMILES string of the molecule is Cc1ccc(Cl)cc1-c1csc(C(=O)O)n1. The molecule has 0 aliphatic heterocycles. The van der Waals surface area contributed by atoms with Crippen LogP contribution in [-0.2, 0) is 0 Å². The second-order valence-corrected chi connectivity index (χ2v) is 4.60. The van der Waals surface area contributed by atoms with E-state index >= 15 is 0 Å². The predicted octanol–water partition coefficient (Wildman–Crippen LogP) is 3.47. The van der Waals surface area contributed by atoms with E-state index in [1.807, 2.05) is 13.0 Å². The summed E-state index contributed by atoms with van der Waals surface area (Å²) in [4.78, 5) is 14.8. The molecule has 1 heterocycles. The number of thiazole rings is 1. The number of nitrogens with zero attached hydrogens (tertiary/aromatic N) is 1. The number of aromatic nitrogens is 1. The summed E-state index contributed by atoms with van der Waals surface area (Å²) in [6, 6.07) is 5.47. The quantitative estimate of drug-likeness (QED) is 0.892. The van der Waals surface area contributed by atoms with Gasteiger partial charge in [-0.25, -0.2) is 9.78 Å². The Morgan fingerprint density at radius 2 is 2.25 bits per heavy atom. The second kappa shape index (κ2) is 4.23. The molecule has 0 saturated heterocycles. The van der Waals surface area contributed by atoms with Crippen molar-refractivity contribution in [3.63, 3.8) is 0 Å². The maximum atomic E-state index is 10.7. The van der Waals surface area contributed by atoms with Gasteiger partial charge in [0.05, 0.1) is 5.69 Å². The molecule has 5 heteroatoms. The highest BCUT2D eigenvalue weighted by Gasteiger charge is 2.11. The minimum Gasteiger partial charge on any atom is -0.476 e. The first kappa shape index (κ1) is 11.1. The second-order valence-electron chi connectivity index (χ2n) is 3.30. The zero-order chi connectivity index (χ0) is 11.7. The van der Waals surface area contributed by atoms with E-state index < -0.39 is 5.97 Å². The number of hydrogen-bond acceptors (Lipinski definition) is 3. The maximum Gasteiger partial charge on any atom is 0.365 e. The van der Waals surface area contributed by atoms with Crippen molar-refractivity contribution in [2.45, 2.75) is 6.92 Å². The minimum absolute atomic E-state index is 0.0920. The molecule has 0 atom stereocenters. The van der Waals surface area contributed by atoms with Crippen LogP contribution in [0.5, 0.6) is 0 Å². The number of hydrogen-bond donors (Lipinski definition) is 1. The van der Waals surface area contributed by atoms with Gasteiger partial charge in [-0.05, 0) is 24.6 Å². The average Bonchev–Trinajstić information content (AvgIpc) is 2.70. The van der Waals surface area contributed by atoms with E-state index in [0.717, 1.165) is 22.5 Å². The zero-order valence-electron chi connectivity index (χ0n) is 8.40. The lowest BCUT2D eigenvalue weighted by Gasteiger charge is -2.02. The fourth-order valence-electron chi connectivity index (χ4n) is 1.37. The van der Waals surface area contributed by atoms with E-state index in [1.54, 1.807) is 17.5 Å². The van der Waals surface area contributed by atoms with Crippen LogP contribution in [0, 0.1) is 6.92 Å². The van der Waals surface area contributed by atoms with Crippen LogP contribution in [0.1, 0.15) is 15.4 Å². The molecule has 2 aromatic rings. The van der Waals surface area contributed by atoms with Crippen LogP contribution in [0.4, 0.5) is 0 Å². The van der Waals surface area contributed by atoms with Crippen LogP contribution in [0.15, 0.2) is 23.6 Å². The first-order valence-corrected chi connectivity index (χ1v) is 5.79. The van der Waals surface area contributed by atoms with Gasteiger partial charge in [0.2, 0.25) is 5.01 Å². The van der Waals surface area contributed by atoms with E-state index in [0.29, 0.717) is 10.7 Å². The van der Waals surface area contributed by atoms with Gasteiger partial charge in [-0.1, -0.05) is 17.7 Å². The smallest absolute Gasteiger partial charge is 0.365 e. The lowest BCUT2D eigenvalue weighted by atomic mass is 10.1. The Bertz CT molecular complexity index is 551. The van der Waals surface area contributed by atoms with Crippen molar-refractivity contribution < 1.29 is 9.90 Å². The van der Waals surface area contributed by atoms with Gasteiger partial charge >= 0.3 is 5.97 Å². The van der Waals surface area contributed by atoms with Crippen LogP contribution in [0.2, 0.25) is 5.02 Å². The fourth-order valence-corrected chi connectivity index (χ4v) is 2.19. The number of carboxylic acid groups (broad SMARTS) is 1. The Morgan fingerprint density at radius 1 is 1.50 bits per heavy atom. The van der Waals surface area contributed by atoms with Gasteiger partial charge in [-0.15, -0.1) is 11.3 Å². The van der Waals surface area contributed by atoms with Crippen LogP contribution >= 0.6 is 22.9 Å². The molecule has 0 aliphatic rings. The number of carboxylic acids is 1. The van der Waals surface area contributed by atoms with Crippen molar-refractivity contribution in [1.82, 2.24) is 4.98 Å². The highest BCUT2D eigenvalue weighted by atomic mass is 35.5. The molecule has 2 rings (SSSR count). The minimum atomic E-state index is -1.00. The van der Waals surface area contributed by atoms with Crippen molar-refractivity contribution in [3.8, 4) is 11.3 Å². The molecule has 0 bridgehead atoms. The van der Waals surface area contributed by atoms with E-state index in [4.69, 9.17) is 16.7 Å². The average molecular weight is 254 g/mol. The number of rotatable bonds is 2. The number of carbonyl (C=O) groups is 1. The standard InChI is InChI=1S/C11H8ClNO2S/c1-6-2-3-7(12)4-8(6)9-5-16-10(13-9)11(14)15/h2-5H,1H3,(H,14,15). The molecule has 0 fully saturated rings. The van der Waals surface area contributed by atoms with Crippen molar-refractivity contribution in [2.24, 2.45) is 0 Å². The molecule has 16 heavy (non-hydrogen) atoms. The molecule has 0 radical (unpaired) electrons. The first-order chi connectivity index (χ1) is 7.58. The van der Waals surface area contributed by atoms with Crippen molar-refractivity contribution >= 4 is 28.9 Å². The molecule has 0 spiro atoms. The van der Waals surface area contributed by atoms with Crippen LogP contribution in [0.3, 0.4) is 0 Å². The van der Waals surface area contributed by atoms with Crippen LogP contribution < -0.4 is 0 Å². The van der Waals surface area contributed by atoms with Crippen LogP contribution in [0.25, 0.3) is 11.3 Å². The Labute approximate surface area is 101 Å². The molecule has 82 valence electrons. The van der Waals surface area contributed by atoms with Gasteiger partial charge < -0.3 is 5.11 Å². The maximum absolute atomic E-state index is 10.7. The number of aryl methyl sites for hydroxylation is 1. The normalized spacial score (nSPS) is 10.4. The van der Waals surface area contributed by atoms with E-state index in [1.165, 1.54) is 0 Å². The Kier molecular flexibility index (Phi) is 2.94. The molecule has 0 amide bonds. The molecule has 0 unspecified atom stereocenters. The van der Waals surface area contributed by atoms with E-state index in [9.17, 15) is 4.79 Å². The van der Waals surface area contributed by atoms with Crippen molar-refractivity contribution in [2.75, 3.05) is 0 Å². The molecule has 3 nitrogen and oxygen atoms in total. The summed E-state index contributed by atoms with van der Waals surface area (Å²) in [5, 5.41) is 11.2. The van der Waals surface area contributed by atoms with Crippen molar-refractivity contribution in [3.05, 3.63) is 39.2 Å². The fraction of sp³-hybridized carbons (Fsp3) is 0.0909. The van der Waals surface area contributed by atoms with Gasteiger partial charge in [-0.3, -0.25) is 0 Å². The molecule has 1 aromatic carbocycles. The van der Waals surface area contributed by atoms with Gasteiger partial charge in [0.25, 0.3) is 0 Å². The topological polar surface area (TPSA) is 50.2 Å². The summed E-state index contributed by atoms with van der Waals surface area (Å²) in [5.74, 6) is -1.00. The summed E-state index contributed by atoms with van der Waals surface area (Å²) in [5.41, 5.74) is 2.55. The third kappa shape index (κ3) is 2.08. The molecule has 0 saturated carbocycles. The lowest BCUT2D eigenvalue weighted by Crippen LogP contribution is -1.94. The predicted molar refractivity (Wildman–Crippen MR) is 64.3 cm³/mol. The van der Waals surface area contributed by atoms with E-state index in [-0.39, 0.29) is 5.01 Å². The highest BCUT2D eigenvalue weighted by molar-refractivity contribution is 7.11. The number of halogens is 1. The van der Waals surface area contributed by atoms with Gasteiger partial charge in [0.1, 0.15) is 0 Å². The summed E-state index contributed by atoms with van der Waals surface area (Å²) < 4.78 is 0. The summed E-state index contributed by atoms with van der Waals surface area (Å²) in [7, 11) is 0. The monoisotopic (exact) mass is 253 g/mol. The van der Waals surface area contributed by atoms with Crippen LogP contribution in [-0.4, -0.2) is 16.1 Å². The van der Waals surface area contributed by atoms with Crippen molar-refractivity contribution in [1.29, 1.82) is 0 Å². The van der Waals surface area contributed by atoms with E-state index in [2.05, 4.69) is 4.98 Å². The first-order valence-electron chi connectivity index (χ1n) is 4.53. The Hall–Kier alpha value is -1.39. The van der Waals surface area contributed by atoms with Gasteiger partial charge in [0, 0.05) is 16.0 Å². The largest absolute Gasteiger partial charge is 0.476 e. The highest BCUT2D eigenvalue weighted by Crippen LogP contribution is 2.27. The molecule has 1 aromatic heterocycles. The lowest BCUT2D eigenvalue weighted by molar-refractivity contribution is 0.0696. The third-order valence-electron chi connectivity index (χ3n) is 2.16. The third-order valence-corrected chi connectivity index (χ3v) is 3.23. The summed E-state index contributed by atoms with van der Waals surface area (Å²) in [6.07, 6.45) is 0. The number of aromatic carboxylic acids is 1. The van der Waals surface area contributed by atoms with Gasteiger partial charge in [0.15, 0.2) is 0 Å². The Morgan fingerprint density at radius 3 is 2.88 bits per heavy atom. The zero-order valence-corrected chi connectivity index (χ0v) is 9.97. The Balaban J connectivity index is 2.50. The number of benzene rings is 1. The molecule has 0 aliphatic carbocycles. The molecular formula is C11H8ClNO2S. The summed E-state index contributed by atoms with van der Waals surface area (Å²) in [6.45, 7) is 1.94. The molecular weight excluding hydrogens is 246 g/mol.